The van der Waals surface area contributed by atoms with Crippen molar-refractivity contribution in [1.82, 2.24) is 9.80 Å². The van der Waals surface area contributed by atoms with E-state index in [0.717, 1.165) is 10.5 Å². The molecule has 4 aromatic rings. The van der Waals surface area contributed by atoms with Crippen molar-refractivity contribution >= 4 is 46.1 Å². The van der Waals surface area contributed by atoms with Crippen LogP contribution in [0.4, 0.5) is 0 Å². The van der Waals surface area contributed by atoms with E-state index in [1.54, 1.807) is 36.4 Å². The highest BCUT2D eigenvalue weighted by atomic mass is 35.5. The summed E-state index contributed by atoms with van der Waals surface area (Å²) in [5.74, 6) is 0.833. The predicted molar refractivity (Wildman–Crippen MR) is 158 cm³/mol. The highest BCUT2D eigenvalue weighted by Gasteiger charge is 2.24. The lowest BCUT2D eigenvalue weighted by Crippen LogP contribution is -2.43. The fraction of sp³-hybridized carbons (Fsp3) is 0.194. The maximum Gasteiger partial charge on any atom is 0.242 e. The molecule has 0 radical (unpaired) electrons. The van der Waals surface area contributed by atoms with Crippen LogP contribution in [0.3, 0.4) is 0 Å². The number of benzene rings is 3. The lowest BCUT2D eigenvalue weighted by molar-refractivity contribution is -0.139. The van der Waals surface area contributed by atoms with Gasteiger partial charge in [0.15, 0.2) is 16.9 Å². The molecule has 1 aliphatic heterocycles. The molecule has 0 aliphatic carbocycles. The molecule has 0 unspecified atom stereocenters. The topological polar surface area (TPSA) is 89.3 Å². The number of thioether (sulfide) groups is 1. The molecule has 1 aliphatic rings. The van der Waals surface area contributed by atoms with Crippen molar-refractivity contribution in [3.63, 3.8) is 0 Å². The Morgan fingerprint density at radius 2 is 1.76 bits per heavy atom. The van der Waals surface area contributed by atoms with E-state index < -0.39 is 0 Å². The predicted octanol–water partition coefficient (Wildman–Crippen LogP) is 5.51. The maximum absolute atomic E-state index is 13.8. The number of hydrogen-bond acceptors (Lipinski definition) is 7. The van der Waals surface area contributed by atoms with E-state index in [1.807, 2.05) is 36.4 Å². The van der Waals surface area contributed by atoms with Gasteiger partial charge in [0.2, 0.25) is 18.6 Å². The van der Waals surface area contributed by atoms with Gasteiger partial charge in [0, 0.05) is 23.0 Å². The molecule has 1 aromatic heterocycles. The minimum absolute atomic E-state index is 0.0348. The molecule has 10 heteroatoms. The molecule has 2 amide bonds. The monoisotopic (exact) mass is 590 g/mol. The van der Waals surface area contributed by atoms with Crippen LogP contribution < -0.4 is 14.9 Å². The molecule has 210 valence electrons. The molecular weight excluding hydrogens is 564 g/mol. The van der Waals surface area contributed by atoms with Crippen LogP contribution in [0.5, 0.6) is 11.5 Å². The number of hydrogen-bond donors (Lipinski definition) is 0. The first-order valence-electron chi connectivity index (χ1n) is 12.8. The van der Waals surface area contributed by atoms with Gasteiger partial charge in [-0.1, -0.05) is 41.9 Å². The number of amides is 2. The summed E-state index contributed by atoms with van der Waals surface area (Å²) >= 11 is 7.52. The first-order valence-corrected chi connectivity index (χ1v) is 14.2. The minimum atomic E-state index is -0.340. The second-order valence-corrected chi connectivity index (χ2v) is 10.8. The molecular formula is C31H27ClN2O6S. The summed E-state index contributed by atoms with van der Waals surface area (Å²) in [6, 6.07) is 19.8. The molecule has 8 nitrogen and oxygen atoms in total. The largest absolute Gasteiger partial charge is 0.464 e. The first-order chi connectivity index (χ1) is 19.9. The van der Waals surface area contributed by atoms with Crippen LogP contribution in [-0.4, -0.2) is 47.2 Å². The van der Waals surface area contributed by atoms with Crippen molar-refractivity contribution in [3.8, 4) is 11.5 Å². The third kappa shape index (κ3) is 6.93. The van der Waals surface area contributed by atoms with Crippen LogP contribution in [0, 0.1) is 0 Å². The van der Waals surface area contributed by atoms with Gasteiger partial charge < -0.3 is 23.7 Å². The van der Waals surface area contributed by atoms with E-state index in [0.29, 0.717) is 27.5 Å². The molecule has 0 N–H and O–H groups in total. The molecule has 41 heavy (non-hydrogen) atoms. The molecule has 0 saturated carbocycles. The van der Waals surface area contributed by atoms with Gasteiger partial charge in [0.05, 0.1) is 29.5 Å². The minimum Gasteiger partial charge on any atom is -0.464 e. The summed E-state index contributed by atoms with van der Waals surface area (Å²) in [4.78, 5) is 44.1. The van der Waals surface area contributed by atoms with Crippen LogP contribution >= 0.6 is 23.4 Å². The summed E-state index contributed by atoms with van der Waals surface area (Å²) in [6.45, 7) is 4.03. The lowest BCUT2D eigenvalue weighted by Gasteiger charge is -2.27. The normalized spacial score (nSPS) is 11.8. The molecule has 0 bridgehead atoms. The fourth-order valence-corrected chi connectivity index (χ4v) is 5.37. The maximum atomic E-state index is 13.8. The molecule has 0 atom stereocenters. The van der Waals surface area contributed by atoms with Crippen molar-refractivity contribution in [1.29, 1.82) is 0 Å². The second-order valence-electron chi connectivity index (χ2n) is 9.33. The van der Waals surface area contributed by atoms with Gasteiger partial charge in [-0.2, -0.15) is 0 Å². The van der Waals surface area contributed by atoms with Gasteiger partial charge in [0.1, 0.15) is 12.1 Å². The Labute approximate surface area is 246 Å². The van der Waals surface area contributed by atoms with Crippen molar-refractivity contribution in [2.45, 2.75) is 18.0 Å². The van der Waals surface area contributed by atoms with Crippen molar-refractivity contribution in [3.05, 3.63) is 112 Å². The quantitative estimate of drug-likeness (QED) is 0.168. The number of carbonyl (C=O) groups excluding carboxylic acids is 2. The molecule has 5 rings (SSSR count). The van der Waals surface area contributed by atoms with Crippen molar-refractivity contribution < 1.29 is 23.5 Å². The van der Waals surface area contributed by atoms with Gasteiger partial charge in [-0.05, 0) is 48.0 Å². The number of nitrogens with zero attached hydrogens (tertiary/aromatic N) is 2. The Kier molecular flexibility index (Phi) is 8.96. The zero-order valence-electron chi connectivity index (χ0n) is 22.1. The Hall–Kier alpha value is -4.21. The Morgan fingerprint density at radius 1 is 0.951 bits per heavy atom. The van der Waals surface area contributed by atoms with Crippen molar-refractivity contribution in [2.75, 3.05) is 25.6 Å². The van der Waals surface area contributed by atoms with Crippen LogP contribution in [-0.2, 0) is 22.7 Å². The van der Waals surface area contributed by atoms with Gasteiger partial charge in [-0.3, -0.25) is 14.4 Å². The number of carbonyl (C=O) groups is 2. The second kappa shape index (κ2) is 13.0. The Balaban J connectivity index is 1.39. The number of ether oxygens (including phenoxy) is 2. The molecule has 3 aromatic carbocycles. The van der Waals surface area contributed by atoms with E-state index in [9.17, 15) is 14.4 Å². The van der Waals surface area contributed by atoms with E-state index in [-0.39, 0.29) is 61.5 Å². The summed E-state index contributed by atoms with van der Waals surface area (Å²) in [5.41, 5.74) is 1.18. The number of fused-ring (bicyclic) bond motifs is 2. The summed E-state index contributed by atoms with van der Waals surface area (Å²) in [6.07, 6.45) is 2.95. The summed E-state index contributed by atoms with van der Waals surface area (Å²) in [5, 5.41) is 0.731. The van der Waals surface area contributed by atoms with Crippen LogP contribution in [0.15, 0.2) is 99.8 Å². The average Bonchev–Trinajstić information content (AvgIpc) is 3.45. The standard InChI is InChI=1S/C31H27ClN2O6S/c1-2-12-33(30(36)19-41-24-6-4-3-5-7-24)17-29(35)34(15-21-8-10-27-28(13-21)40-20-39-27)16-22-18-38-26-11-9-23(32)14-25(26)31(22)37/h2-11,13-14,18H,1,12,15-17,19-20H2. The van der Waals surface area contributed by atoms with E-state index in [1.165, 1.54) is 27.8 Å². The zero-order chi connectivity index (χ0) is 28.8. The van der Waals surface area contributed by atoms with E-state index >= 15 is 0 Å². The molecule has 0 fully saturated rings. The average molecular weight is 591 g/mol. The highest BCUT2D eigenvalue weighted by molar-refractivity contribution is 8.00. The third-order valence-electron chi connectivity index (χ3n) is 6.46. The van der Waals surface area contributed by atoms with Gasteiger partial charge in [-0.25, -0.2) is 0 Å². The van der Waals surface area contributed by atoms with E-state index in [4.69, 9.17) is 25.5 Å². The Morgan fingerprint density at radius 3 is 2.56 bits per heavy atom. The lowest BCUT2D eigenvalue weighted by atomic mass is 10.1. The van der Waals surface area contributed by atoms with Crippen LogP contribution in [0.2, 0.25) is 5.02 Å². The SMILES string of the molecule is C=CCN(CC(=O)N(Cc1ccc2c(c1)OCO2)Cc1coc2ccc(Cl)cc2c1=O)C(=O)CSc1ccccc1. The van der Waals surface area contributed by atoms with Gasteiger partial charge in [-0.15, -0.1) is 18.3 Å². The smallest absolute Gasteiger partial charge is 0.242 e. The van der Waals surface area contributed by atoms with Crippen LogP contribution in [0.25, 0.3) is 11.0 Å². The van der Waals surface area contributed by atoms with Gasteiger partial charge >= 0.3 is 0 Å². The third-order valence-corrected chi connectivity index (χ3v) is 7.70. The number of halogens is 1. The fourth-order valence-electron chi connectivity index (χ4n) is 4.38. The molecule has 2 heterocycles. The summed E-state index contributed by atoms with van der Waals surface area (Å²) in [7, 11) is 0. The Bertz CT molecular complexity index is 1640. The molecule has 0 spiro atoms. The van der Waals surface area contributed by atoms with Crippen molar-refractivity contribution in [2.24, 2.45) is 0 Å². The number of rotatable bonds is 11. The first kappa shape index (κ1) is 28.3. The van der Waals surface area contributed by atoms with Gasteiger partial charge in [0.25, 0.3) is 0 Å². The highest BCUT2D eigenvalue weighted by Crippen LogP contribution is 2.33. The van der Waals surface area contributed by atoms with Crippen LogP contribution in [0.1, 0.15) is 11.1 Å². The summed E-state index contributed by atoms with van der Waals surface area (Å²) < 4.78 is 16.6. The molecule has 0 saturated heterocycles. The zero-order valence-corrected chi connectivity index (χ0v) is 23.7. The van der Waals surface area contributed by atoms with E-state index in [2.05, 4.69) is 6.58 Å².